The summed E-state index contributed by atoms with van der Waals surface area (Å²) in [7, 11) is 1.33. The van der Waals surface area contributed by atoms with Gasteiger partial charge in [0.15, 0.2) is 6.61 Å². The zero-order valence-corrected chi connectivity index (χ0v) is 17.2. The number of fused-ring (bicyclic) bond motifs is 3. The average molecular weight is 413 g/mol. The third-order valence-electron chi connectivity index (χ3n) is 5.54. The van der Waals surface area contributed by atoms with Crippen molar-refractivity contribution < 1.29 is 19.1 Å². The number of thiophene rings is 1. The van der Waals surface area contributed by atoms with Crippen LogP contribution in [-0.2, 0) is 27.3 Å². The lowest BCUT2D eigenvalue weighted by atomic mass is 9.92. The molecule has 1 aromatic carbocycles. The molecule has 6 nitrogen and oxygen atoms in total. The largest absolute Gasteiger partial charge is 0.481 e. The molecule has 1 amide bonds. The highest BCUT2D eigenvalue weighted by Gasteiger charge is 2.31. The summed E-state index contributed by atoms with van der Waals surface area (Å²) in [5, 5.41) is 5.09. The average Bonchev–Trinajstić information content (AvgIpc) is 3.27. The monoisotopic (exact) mass is 412 g/mol. The van der Waals surface area contributed by atoms with Crippen LogP contribution >= 0.6 is 11.3 Å². The van der Waals surface area contributed by atoms with Crippen LogP contribution in [0, 0.1) is 0 Å². The van der Waals surface area contributed by atoms with Crippen molar-refractivity contribution in [3.05, 3.63) is 51.8 Å². The third kappa shape index (κ3) is 3.74. The molecule has 3 aromatic rings. The van der Waals surface area contributed by atoms with Gasteiger partial charge in [0.1, 0.15) is 5.75 Å². The second kappa shape index (κ2) is 8.29. The molecule has 0 bridgehead atoms. The number of primary amides is 1. The van der Waals surface area contributed by atoms with Crippen molar-refractivity contribution in [3.63, 3.8) is 0 Å². The molecule has 0 radical (unpaired) electrons. The standard InChI is InChI=1S/C22H24N2O4S/c1-27-19(25)12-28-18-8-4-7-17-21(18)20-15(22(23)26)5-2-3-6-16(20)24(17)11-14-9-10-29-13-14/h4,7-10,13,15H,2-3,5-6,11-12H2,1H3,(H2,23,26). The lowest BCUT2D eigenvalue weighted by molar-refractivity contribution is -0.142. The maximum atomic E-state index is 12.4. The van der Waals surface area contributed by atoms with E-state index < -0.39 is 5.97 Å². The molecule has 7 heteroatoms. The van der Waals surface area contributed by atoms with Crippen molar-refractivity contribution >= 4 is 34.1 Å². The predicted octanol–water partition coefficient (Wildman–Crippen LogP) is 3.60. The molecule has 4 rings (SSSR count). The Morgan fingerprint density at radius 1 is 1.28 bits per heavy atom. The van der Waals surface area contributed by atoms with Crippen molar-refractivity contribution in [1.29, 1.82) is 0 Å². The van der Waals surface area contributed by atoms with E-state index >= 15 is 0 Å². The Morgan fingerprint density at radius 2 is 2.14 bits per heavy atom. The Kier molecular flexibility index (Phi) is 5.58. The first-order valence-electron chi connectivity index (χ1n) is 9.74. The van der Waals surface area contributed by atoms with Crippen molar-refractivity contribution in [3.8, 4) is 5.75 Å². The first kappa shape index (κ1) is 19.5. The second-order valence-corrected chi connectivity index (χ2v) is 8.07. The summed E-state index contributed by atoms with van der Waals surface area (Å²) < 4.78 is 12.8. The van der Waals surface area contributed by atoms with Gasteiger partial charge in [0, 0.05) is 17.6 Å². The topological polar surface area (TPSA) is 83.6 Å². The number of esters is 1. The maximum absolute atomic E-state index is 12.4. The molecule has 0 spiro atoms. The van der Waals surface area contributed by atoms with Gasteiger partial charge < -0.3 is 19.8 Å². The Hall–Kier alpha value is -2.80. The van der Waals surface area contributed by atoms with Crippen LogP contribution in [0.2, 0.25) is 0 Å². The molecular weight excluding hydrogens is 388 g/mol. The second-order valence-electron chi connectivity index (χ2n) is 7.29. The van der Waals surface area contributed by atoms with Crippen LogP contribution in [-0.4, -0.2) is 30.2 Å². The Morgan fingerprint density at radius 3 is 2.86 bits per heavy atom. The van der Waals surface area contributed by atoms with Gasteiger partial charge >= 0.3 is 5.97 Å². The highest BCUT2D eigenvalue weighted by molar-refractivity contribution is 7.07. The van der Waals surface area contributed by atoms with Gasteiger partial charge in [-0.3, -0.25) is 4.79 Å². The fraction of sp³-hybridized carbons (Fsp3) is 0.364. The van der Waals surface area contributed by atoms with Crippen molar-refractivity contribution in [1.82, 2.24) is 4.57 Å². The van der Waals surface area contributed by atoms with E-state index in [4.69, 9.17) is 15.2 Å². The molecule has 1 aliphatic carbocycles. The third-order valence-corrected chi connectivity index (χ3v) is 6.28. The zero-order chi connectivity index (χ0) is 20.4. The molecular formula is C22H24N2O4S. The van der Waals surface area contributed by atoms with Crippen molar-refractivity contribution in [2.45, 2.75) is 38.1 Å². The quantitative estimate of drug-likeness (QED) is 0.495. The number of carbonyl (C=O) groups is 2. The van der Waals surface area contributed by atoms with E-state index in [0.717, 1.165) is 54.4 Å². The number of nitrogens with two attached hydrogens (primary N) is 1. The summed E-state index contributed by atoms with van der Waals surface area (Å²) in [6, 6.07) is 7.91. The van der Waals surface area contributed by atoms with Crippen LogP contribution in [0.15, 0.2) is 35.0 Å². The number of carbonyl (C=O) groups excluding carboxylic acids is 2. The minimum absolute atomic E-state index is 0.179. The molecule has 1 unspecified atom stereocenters. The van der Waals surface area contributed by atoms with Gasteiger partial charge in [0.25, 0.3) is 0 Å². The van der Waals surface area contributed by atoms with Gasteiger partial charge in [-0.05, 0) is 59.3 Å². The van der Waals surface area contributed by atoms with Crippen LogP contribution in [0.1, 0.15) is 42.0 Å². The first-order chi connectivity index (χ1) is 14.1. The van der Waals surface area contributed by atoms with E-state index in [1.54, 1.807) is 11.3 Å². The normalized spacial score (nSPS) is 16.2. The van der Waals surface area contributed by atoms with E-state index in [1.165, 1.54) is 12.7 Å². The lowest BCUT2D eigenvalue weighted by Crippen LogP contribution is -2.21. The smallest absolute Gasteiger partial charge is 0.343 e. The zero-order valence-electron chi connectivity index (χ0n) is 16.3. The highest BCUT2D eigenvalue weighted by atomic mass is 32.1. The van der Waals surface area contributed by atoms with Crippen molar-refractivity contribution in [2.75, 3.05) is 13.7 Å². The molecule has 29 heavy (non-hydrogen) atoms. The molecule has 152 valence electrons. The molecule has 1 aliphatic rings. The summed E-state index contributed by atoms with van der Waals surface area (Å²) in [5.74, 6) is -0.536. The van der Waals surface area contributed by atoms with Crippen LogP contribution in [0.25, 0.3) is 10.9 Å². The number of methoxy groups -OCH3 is 1. The Balaban J connectivity index is 1.92. The van der Waals surface area contributed by atoms with Crippen LogP contribution in [0.4, 0.5) is 0 Å². The summed E-state index contributed by atoms with van der Waals surface area (Å²) in [6.45, 7) is 0.544. The number of hydrogen-bond acceptors (Lipinski definition) is 5. The number of nitrogens with zero attached hydrogens (tertiary/aromatic N) is 1. The number of aromatic nitrogens is 1. The minimum Gasteiger partial charge on any atom is -0.481 e. The number of ether oxygens (including phenoxy) is 2. The fourth-order valence-electron chi connectivity index (χ4n) is 4.23. The SMILES string of the molecule is COC(=O)COc1cccc2c1c1c(n2Cc2ccsc2)CCCCC1C(N)=O. The van der Waals surface area contributed by atoms with Gasteiger partial charge in [0.2, 0.25) is 5.91 Å². The molecule has 2 N–H and O–H groups in total. The van der Waals surface area contributed by atoms with Gasteiger partial charge in [-0.15, -0.1) is 0 Å². The molecule has 0 fully saturated rings. The number of amides is 1. The van der Waals surface area contributed by atoms with E-state index in [1.807, 2.05) is 18.2 Å². The summed E-state index contributed by atoms with van der Waals surface area (Å²) >= 11 is 1.67. The van der Waals surface area contributed by atoms with Crippen LogP contribution < -0.4 is 10.5 Å². The van der Waals surface area contributed by atoms with Gasteiger partial charge in [-0.2, -0.15) is 11.3 Å². The number of hydrogen-bond donors (Lipinski definition) is 1. The Bertz CT molecular complexity index is 1040. The van der Waals surface area contributed by atoms with E-state index in [9.17, 15) is 9.59 Å². The first-order valence-corrected chi connectivity index (χ1v) is 10.7. The van der Waals surface area contributed by atoms with Crippen LogP contribution in [0.5, 0.6) is 5.75 Å². The molecule has 0 saturated carbocycles. The summed E-state index contributed by atoms with van der Waals surface area (Å²) in [5.41, 5.74) is 10.1. The van der Waals surface area contributed by atoms with Crippen LogP contribution in [0.3, 0.4) is 0 Å². The van der Waals surface area contributed by atoms with E-state index in [2.05, 4.69) is 21.4 Å². The van der Waals surface area contributed by atoms with Crippen molar-refractivity contribution in [2.24, 2.45) is 5.73 Å². The summed E-state index contributed by atoms with van der Waals surface area (Å²) in [6.07, 6.45) is 3.57. The highest BCUT2D eigenvalue weighted by Crippen LogP contribution is 2.42. The number of benzene rings is 1. The molecule has 1 atom stereocenters. The molecule has 0 saturated heterocycles. The molecule has 2 aromatic heterocycles. The van der Waals surface area contributed by atoms with E-state index in [0.29, 0.717) is 5.75 Å². The number of rotatable bonds is 6. The molecule has 0 aliphatic heterocycles. The van der Waals surface area contributed by atoms with E-state index in [-0.39, 0.29) is 18.4 Å². The van der Waals surface area contributed by atoms with Gasteiger partial charge in [-0.25, -0.2) is 4.79 Å². The minimum atomic E-state index is -0.447. The summed E-state index contributed by atoms with van der Waals surface area (Å²) in [4.78, 5) is 24.0. The predicted molar refractivity (Wildman–Crippen MR) is 112 cm³/mol. The fourth-order valence-corrected chi connectivity index (χ4v) is 4.89. The molecule has 2 heterocycles. The van der Waals surface area contributed by atoms with Gasteiger partial charge in [-0.1, -0.05) is 12.5 Å². The van der Waals surface area contributed by atoms with Gasteiger partial charge in [0.05, 0.1) is 18.5 Å². The Labute approximate surface area is 173 Å². The lowest BCUT2D eigenvalue weighted by Gasteiger charge is -2.14. The maximum Gasteiger partial charge on any atom is 0.343 e.